The summed E-state index contributed by atoms with van der Waals surface area (Å²) in [5.74, 6) is -0.443. The Morgan fingerprint density at radius 2 is 2.09 bits per heavy atom. The number of hydrogen-bond acceptors (Lipinski definition) is 7. The van der Waals surface area contributed by atoms with Crippen LogP contribution in [0.3, 0.4) is 0 Å². The second-order valence-corrected chi connectivity index (χ2v) is 4.40. The number of nitrogens with one attached hydrogen (secondary N) is 1. The van der Waals surface area contributed by atoms with Gasteiger partial charge in [0.05, 0.1) is 11.3 Å². The normalized spacial score (nSPS) is 10.4. The number of anilines is 1. The highest BCUT2D eigenvalue weighted by molar-refractivity contribution is 5.86. The molecule has 0 radical (unpaired) electrons. The van der Waals surface area contributed by atoms with Crippen molar-refractivity contribution in [3.05, 3.63) is 64.3 Å². The first kappa shape index (κ1) is 16.1. The Bertz CT molecular complexity index is 704. The molecule has 2 rings (SSSR count). The molecule has 2 aromatic rings. The van der Waals surface area contributed by atoms with E-state index >= 15 is 0 Å². The summed E-state index contributed by atoms with van der Waals surface area (Å²) in [4.78, 5) is 25.6. The molecule has 0 fully saturated rings. The van der Waals surface area contributed by atoms with Crippen molar-refractivity contribution in [3.8, 4) is 0 Å². The number of rotatable bonds is 7. The summed E-state index contributed by atoms with van der Waals surface area (Å²) >= 11 is 0. The van der Waals surface area contributed by atoms with Gasteiger partial charge in [-0.1, -0.05) is 30.3 Å². The zero-order chi connectivity index (χ0) is 16.5. The first-order valence-corrected chi connectivity index (χ1v) is 6.73. The molecule has 8 heteroatoms. The molecule has 1 aromatic carbocycles. The van der Waals surface area contributed by atoms with Crippen LogP contribution in [0.25, 0.3) is 0 Å². The molecule has 23 heavy (non-hydrogen) atoms. The van der Waals surface area contributed by atoms with E-state index in [0.29, 0.717) is 0 Å². The van der Waals surface area contributed by atoms with Crippen LogP contribution in [-0.2, 0) is 16.1 Å². The summed E-state index contributed by atoms with van der Waals surface area (Å²) in [7, 11) is 0. The van der Waals surface area contributed by atoms with E-state index in [0.717, 1.165) is 5.56 Å². The summed E-state index contributed by atoms with van der Waals surface area (Å²) < 4.78 is 5.06. The second-order valence-electron chi connectivity index (χ2n) is 4.40. The Morgan fingerprint density at radius 3 is 2.83 bits per heavy atom. The zero-order valence-corrected chi connectivity index (χ0v) is 12.1. The maximum absolute atomic E-state index is 11.5. The molecular weight excluding hydrogens is 300 g/mol. The second kappa shape index (κ2) is 8.23. The monoisotopic (exact) mass is 314 g/mol. The minimum atomic E-state index is -0.570. The van der Waals surface area contributed by atoms with Crippen LogP contribution >= 0.6 is 0 Å². The van der Waals surface area contributed by atoms with E-state index in [4.69, 9.17) is 4.74 Å². The molecule has 0 amide bonds. The predicted octanol–water partition coefficient (Wildman–Crippen LogP) is 2.52. The number of pyridine rings is 1. The lowest BCUT2D eigenvalue weighted by Gasteiger charge is -2.03. The molecule has 1 N–H and O–H groups in total. The quantitative estimate of drug-likeness (QED) is 0.364. The molecule has 1 heterocycles. The summed E-state index contributed by atoms with van der Waals surface area (Å²) in [6.45, 7) is 0.187. The first-order chi connectivity index (χ1) is 11.2. The molecule has 0 saturated carbocycles. The van der Waals surface area contributed by atoms with E-state index in [2.05, 4.69) is 15.5 Å². The van der Waals surface area contributed by atoms with Crippen LogP contribution in [0.2, 0.25) is 0 Å². The Balaban J connectivity index is 1.78. The van der Waals surface area contributed by atoms with Crippen molar-refractivity contribution in [1.82, 2.24) is 4.98 Å². The summed E-state index contributed by atoms with van der Waals surface area (Å²) in [5.41, 5.74) is 3.12. The van der Waals surface area contributed by atoms with Crippen molar-refractivity contribution in [3.63, 3.8) is 0 Å². The average Bonchev–Trinajstić information content (AvgIpc) is 2.58. The largest absolute Gasteiger partial charge is 0.461 e. The lowest BCUT2D eigenvalue weighted by atomic mass is 10.2. The SMILES string of the molecule is O=C(C/C=N/Nc1ncccc1[N+](=O)[O-])OCc1ccccc1. The number of hydrazone groups is 1. The number of nitro groups is 1. The van der Waals surface area contributed by atoms with E-state index in [1.54, 1.807) is 0 Å². The Hall–Kier alpha value is -3.29. The van der Waals surface area contributed by atoms with Gasteiger partial charge in [-0.25, -0.2) is 4.98 Å². The molecule has 0 aliphatic heterocycles. The van der Waals surface area contributed by atoms with Crippen LogP contribution in [0.4, 0.5) is 11.5 Å². The van der Waals surface area contributed by atoms with Crippen LogP contribution in [-0.4, -0.2) is 22.1 Å². The Labute approximate surface area is 132 Å². The molecule has 118 valence electrons. The standard InChI is InChI=1S/C15H14N4O4/c20-14(23-11-12-5-2-1-3-6-12)8-10-17-18-15-13(19(21)22)7-4-9-16-15/h1-7,9-10H,8,11H2,(H,16,18)/b17-10+. The fourth-order valence-corrected chi connectivity index (χ4v) is 1.65. The van der Waals surface area contributed by atoms with Gasteiger partial charge in [-0.15, -0.1) is 0 Å². The first-order valence-electron chi connectivity index (χ1n) is 6.73. The number of carbonyl (C=O) groups excluding carboxylic acids is 1. The van der Waals surface area contributed by atoms with Crippen LogP contribution in [0.5, 0.6) is 0 Å². The Kier molecular flexibility index (Phi) is 5.75. The number of benzene rings is 1. The lowest BCUT2D eigenvalue weighted by molar-refractivity contribution is -0.384. The van der Waals surface area contributed by atoms with Crippen LogP contribution in [0, 0.1) is 10.1 Å². The van der Waals surface area contributed by atoms with Gasteiger partial charge < -0.3 is 4.74 Å². The van der Waals surface area contributed by atoms with Crippen molar-refractivity contribution in [2.45, 2.75) is 13.0 Å². The van der Waals surface area contributed by atoms with Crippen LogP contribution < -0.4 is 5.43 Å². The summed E-state index contributed by atoms with van der Waals surface area (Å²) in [5, 5.41) is 14.5. The molecule has 0 atom stereocenters. The van der Waals surface area contributed by atoms with E-state index in [9.17, 15) is 14.9 Å². The maximum atomic E-state index is 11.5. The summed E-state index contributed by atoms with van der Waals surface area (Å²) in [6, 6.07) is 12.0. The topological polar surface area (TPSA) is 107 Å². The molecule has 0 unspecified atom stereocenters. The van der Waals surface area contributed by atoms with Crippen molar-refractivity contribution in [1.29, 1.82) is 0 Å². The van der Waals surface area contributed by atoms with E-state index in [-0.39, 0.29) is 24.5 Å². The zero-order valence-electron chi connectivity index (χ0n) is 12.1. The van der Waals surface area contributed by atoms with Crippen LogP contribution in [0.1, 0.15) is 12.0 Å². The minimum Gasteiger partial charge on any atom is -0.461 e. The molecule has 8 nitrogen and oxygen atoms in total. The van der Waals surface area contributed by atoms with Gasteiger partial charge in [0.1, 0.15) is 6.61 Å². The van der Waals surface area contributed by atoms with Crippen LogP contribution in [0.15, 0.2) is 53.8 Å². The summed E-state index contributed by atoms with van der Waals surface area (Å²) in [6.07, 6.45) is 2.62. The van der Waals surface area contributed by atoms with E-state index < -0.39 is 10.9 Å². The molecule has 0 spiro atoms. The molecule has 1 aromatic heterocycles. The number of nitrogens with zero attached hydrogens (tertiary/aromatic N) is 3. The average molecular weight is 314 g/mol. The molecule has 0 bridgehead atoms. The minimum absolute atomic E-state index is 0.00593. The highest BCUT2D eigenvalue weighted by Crippen LogP contribution is 2.19. The third-order valence-electron chi connectivity index (χ3n) is 2.75. The van der Waals surface area contributed by atoms with Crippen molar-refractivity contribution in [2.75, 3.05) is 5.43 Å². The van der Waals surface area contributed by atoms with Gasteiger partial charge in [-0.3, -0.25) is 20.3 Å². The third-order valence-corrected chi connectivity index (χ3v) is 2.75. The van der Waals surface area contributed by atoms with Crippen molar-refractivity contribution < 1.29 is 14.5 Å². The highest BCUT2D eigenvalue weighted by Gasteiger charge is 2.12. The molecule has 0 aliphatic carbocycles. The van der Waals surface area contributed by atoms with E-state index in [1.807, 2.05) is 30.3 Å². The van der Waals surface area contributed by atoms with Crippen molar-refractivity contribution in [2.24, 2.45) is 5.10 Å². The number of esters is 1. The van der Waals surface area contributed by atoms with Gasteiger partial charge in [-0.05, 0) is 11.6 Å². The van der Waals surface area contributed by atoms with Gasteiger partial charge in [0.15, 0.2) is 0 Å². The molecule has 0 saturated heterocycles. The van der Waals surface area contributed by atoms with Gasteiger partial charge in [-0.2, -0.15) is 5.10 Å². The lowest BCUT2D eigenvalue weighted by Crippen LogP contribution is -2.06. The molecular formula is C15H14N4O4. The number of aromatic nitrogens is 1. The van der Waals surface area contributed by atoms with Gasteiger partial charge in [0.2, 0.25) is 5.82 Å². The number of carbonyl (C=O) groups is 1. The number of hydrogen-bond donors (Lipinski definition) is 1. The third kappa shape index (κ3) is 5.20. The fourth-order valence-electron chi connectivity index (χ4n) is 1.65. The van der Waals surface area contributed by atoms with E-state index in [1.165, 1.54) is 24.5 Å². The van der Waals surface area contributed by atoms with Gasteiger partial charge in [0.25, 0.3) is 0 Å². The predicted molar refractivity (Wildman–Crippen MR) is 83.9 cm³/mol. The maximum Gasteiger partial charge on any atom is 0.313 e. The Morgan fingerprint density at radius 1 is 1.30 bits per heavy atom. The van der Waals surface area contributed by atoms with Gasteiger partial charge >= 0.3 is 11.7 Å². The molecule has 0 aliphatic rings. The van der Waals surface area contributed by atoms with Gasteiger partial charge in [0, 0.05) is 18.5 Å². The number of ether oxygens (including phenoxy) is 1. The smallest absolute Gasteiger partial charge is 0.313 e. The van der Waals surface area contributed by atoms with Crippen molar-refractivity contribution >= 4 is 23.7 Å². The fraction of sp³-hybridized carbons (Fsp3) is 0.133. The highest BCUT2D eigenvalue weighted by atomic mass is 16.6.